The fourth-order valence-electron chi connectivity index (χ4n) is 2.76. The van der Waals surface area contributed by atoms with Gasteiger partial charge in [-0.2, -0.15) is 0 Å². The van der Waals surface area contributed by atoms with Crippen molar-refractivity contribution in [3.05, 3.63) is 29.8 Å². The second-order valence-electron chi connectivity index (χ2n) is 6.22. The van der Waals surface area contributed by atoms with Crippen LogP contribution in [0.1, 0.15) is 31.2 Å². The summed E-state index contributed by atoms with van der Waals surface area (Å²) in [4.78, 5) is 12.0. The lowest BCUT2D eigenvalue weighted by molar-refractivity contribution is -0.122. The van der Waals surface area contributed by atoms with E-state index in [2.05, 4.69) is 5.32 Å². The molecule has 0 atom stereocenters. The number of piperidine rings is 1. The van der Waals surface area contributed by atoms with Crippen molar-refractivity contribution in [3.63, 3.8) is 0 Å². The number of aryl methyl sites for hydroxylation is 1. The fourth-order valence-corrected chi connectivity index (χ4v) is 3.64. The maximum Gasteiger partial charge on any atom is 0.220 e. The molecule has 0 aromatic heterocycles. The minimum absolute atomic E-state index is 0.00110. The fraction of sp³-hybridized carbons (Fsp3) is 0.588. The minimum Gasteiger partial charge on any atom is -0.493 e. The predicted molar refractivity (Wildman–Crippen MR) is 93.5 cm³/mol. The Kier molecular flexibility index (Phi) is 6.62. The number of carbonyl (C=O) groups excluding carboxylic acids is 1. The Balaban J connectivity index is 1.63. The normalized spacial score (nSPS) is 16.8. The summed E-state index contributed by atoms with van der Waals surface area (Å²) in [6.45, 7) is 3.44. The Labute approximate surface area is 144 Å². The van der Waals surface area contributed by atoms with E-state index in [-0.39, 0.29) is 11.9 Å². The van der Waals surface area contributed by atoms with E-state index in [9.17, 15) is 13.2 Å². The lowest BCUT2D eigenvalue weighted by Crippen LogP contribution is -2.46. The van der Waals surface area contributed by atoms with Crippen LogP contribution in [-0.4, -0.2) is 50.6 Å². The molecule has 1 heterocycles. The van der Waals surface area contributed by atoms with Gasteiger partial charge in [0, 0.05) is 25.6 Å². The minimum atomic E-state index is -3.12. The van der Waals surface area contributed by atoms with Gasteiger partial charge in [0.1, 0.15) is 5.75 Å². The molecular weight excluding hydrogens is 328 g/mol. The Hall–Kier alpha value is -1.60. The Bertz CT molecular complexity index is 652. The van der Waals surface area contributed by atoms with E-state index in [0.717, 1.165) is 11.3 Å². The number of sulfonamides is 1. The number of hydrogen-bond donors (Lipinski definition) is 1. The summed E-state index contributed by atoms with van der Waals surface area (Å²) in [5.74, 6) is 0.854. The molecule has 1 aromatic carbocycles. The molecule has 0 aliphatic carbocycles. The Morgan fingerprint density at radius 3 is 2.58 bits per heavy atom. The average Bonchev–Trinajstić information content (AvgIpc) is 2.53. The first kappa shape index (κ1) is 18.7. The van der Waals surface area contributed by atoms with E-state index >= 15 is 0 Å². The van der Waals surface area contributed by atoms with Gasteiger partial charge in [-0.25, -0.2) is 12.7 Å². The zero-order valence-corrected chi connectivity index (χ0v) is 15.1. The smallest absolute Gasteiger partial charge is 0.220 e. The standard InChI is InChI=1S/C17H26N2O4S/c1-14-6-3-4-7-16(14)23-13-5-8-17(20)18-15-9-11-19(12-10-15)24(2,21)22/h3-4,6-7,15H,5,8-13H2,1-2H3,(H,18,20). The van der Waals surface area contributed by atoms with Crippen molar-refractivity contribution >= 4 is 15.9 Å². The molecule has 0 spiro atoms. The molecule has 0 saturated carbocycles. The van der Waals surface area contributed by atoms with Crippen LogP contribution in [0.25, 0.3) is 0 Å². The van der Waals surface area contributed by atoms with E-state index < -0.39 is 10.0 Å². The van der Waals surface area contributed by atoms with Gasteiger partial charge in [-0.05, 0) is 37.8 Å². The summed E-state index contributed by atoms with van der Waals surface area (Å²) >= 11 is 0. The quantitative estimate of drug-likeness (QED) is 0.756. The first-order chi connectivity index (χ1) is 11.4. The van der Waals surface area contributed by atoms with E-state index in [1.165, 1.54) is 10.6 Å². The molecule has 1 N–H and O–H groups in total. The van der Waals surface area contributed by atoms with Gasteiger partial charge >= 0.3 is 0 Å². The van der Waals surface area contributed by atoms with Crippen molar-refractivity contribution in [2.75, 3.05) is 26.0 Å². The van der Waals surface area contributed by atoms with Gasteiger partial charge in [-0.15, -0.1) is 0 Å². The molecule has 1 saturated heterocycles. The second-order valence-corrected chi connectivity index (χ2v) is 8.20. The van der Waals surface area contributed by atoms with Crippen molar-refractivity contribution < 1.29 is 17.9 Å². The molecule has 1 fully saturated rings. The third kappa shape index (κ3) is 5.79. The van der Waals surface area contributed by atoms with E-state index in [4.69, 9.17) is 4.74 Å². The van der Waals surface area contributed by atoms with Crippen LogP contribution in [0.2, 0.25) is 0 Å². The lowest BCUT2D eigenvalue weighted by Gasteiger charge is -2.30. The predicted octanol–water partition coefficient (Wildman–Crippen LogP) is 1.69. The van der Waals surface area contributed by atoms with Crippen molar-refractivity contribution in [2.24, 2.45) is 0 Å². The Morgan fingerprint density at radius 1 is 1.29 bits per heavy atom. The highest BCUT2D eigenvalue weighted by Crippen LogP contribution is 2.16. The number of ether oxygens (including phenoxy) is 1. The summed E-state index contributed by atoms with van der Waals surface area (Å²) in [6, 6.07) is 7.87. The summed E-state index contributed by atoms with van der Waals surface area (Å²) < 4.78 is 30.0. The van der Waals surface area contributed by atoms with Crippen molar-refractivity contribution in [2.45, 2.75) is 38.6 Å². The molecular formula is C17H26N2O4S. The van der Waals surface area contributed by atoms with E-state index in [0.29, 0.717) is 45.4 Å². The first-order valence-corrected chi connectivity index (χ1v) is 10.1. The molecule has 1 amide bonds. The summed E-state index contributed by atoms with van der Waals surface area (Å²) in [6.07, 6.45) is 3.62. The number of amides is 1. The summed E-state index contributed by atoms with van der Waals surface area (Å²) in [7, 11) is -3.12. The lowest BCUT2D eigenvalue weighted by atomic mass is 10.1. The van der Waals surface area contributed by atoms with Crippen LogP contribution in [0.15, 0.2) is 24.3 Å². The van der Waals surface area contributed by atoms with E-state index in [1.807, 2.05) is 31.2 Å². The third-order valence-corrected chi connectivity index (χ3v) is 5.49. The zero-order chi connectivity index (χ0) is 17.6. The monoisotopic (exact) mass is 354 g/mol. The van der Waals surface area contributed by atoms with Gasteiger partial charge in [0.2, 0.25) is 15.9 Å². The van der Waals surface area contributed by atoms with Crippen LogP contribution in [0, 0.1) is 6.92 Å². The largest absolute Gasteiger partial charge is 0.493 e. The number of para-hydroxylation sites is 1. The van der Waals surface area contributed by atoms with Crippen LogP contribution >= 0.6 is 0 Å². The molecule has 6 nitrogen and oxygen atoms in total. The number of benzene rings is 1. The number of carbonyl (C=O) groups is 1. The molecule has 2 rings (SSSR count). The molecule has 1 aliphatic rings. The highest BCUT2D eigenvalue weighted by atomic mass is 32.2. The van der Waals surface area contributed by atoms with Crippen LogP contribution in [-0.2, 0) is 14.8 Å². The Morgan fingerprint density at radius 2 is 1.96 bits per heavy atom. The highest BCUT2D eigenvalue weighted by molar-refractivity contribution is 7.88. The number of nitrogens with zero attached hydrogens (tertiary/aromatic N) is 1. The van der Waals surface area contributed by atoms with Crippen LogP contribution in [0.5, 0.6) is 5.75 Å². The van der Waals surface area contributed by atoms with Gasteiger partial charge in [0.25, 0.3) is 0 Å². The molecule has 1 aromatic rings. The second kappa shape index (κ2) is 8.48. The van der Waals surface area contributed by atoms with Gasteiger partial charge in [-0.3, -0.25) is 4.79 Å². The van der Waals surface area contributed by atoms with E-state index in [1.54, 1.807) is 0 Å². The molecule has 1 aliphatic heterocycles. The summed E-state index contributed by atoms with van der Waals surface area (Å²) in [5.41, 5.74) is 1.08. The first-order valence-electron chi connectivity index (χ1n) is 8.29. The molecule has 7 heteroatoms. The highest BCUT2D eigenvalue weighted by Gasteiger charge is 2.25. The molecule has 0 radical (unpaired) electrons. The summed E-state index contributed by atoms with van der Waals surface area (Å²) in [5, 5.41) is 2.98. The topological polar surface area (TPSA) is 75.7 Å². The van der Waals surface area contributed by atoms with Crippen LogP contribution in [0.3, 0.4) is 0 Å². The van der Waals surface area contributed by atoms with Crippen LogP contribution < -0.4 is 10.1 Å². The number of hydrogen-bond acceptors (Lipinski definition) is 4. The van der Waals surface area contributed by atoms with Crippen LogP contribution in [0.4, 0.5) is 0 Å². The third-order valence-electron chi connectivity index (χ3n) is 4.19. The number of rotatable bonds is 7. The molecule has 0 bridgehead atoms. The zero-order valence-electron chi connectivity index (χ0n) is 14.3. The molecule has 134 valence electrons. The van der Waals surface area contributed by atoms with Gasteiger partial charge < -0.3 is 10.1 Å². The van der Waals surface area contributed by atoms with Gasteiger partial charge in [-0.1, -0.05) is 18.2 Å². The SMILES string of the molecule is Cc1ccccc1OCCCC(=O)NC1CCN(S(C)(=O)=O)CC1. The van der Waals surface area contributed by atoms with Crippen molar-refractivity contribution in [1.82, 2.24) is 9.62 Å². The molecule has 0 unspecified atom stereocenters. The average molecular weight is 354 g/mol. The van der Waals surface area contributed by atoms with Crippen molar-refractivity contribution in [1.29, 1.82) is 0 Å². The van der Waals surface area contributed by atoms with Gasteiger partial charge in [0.15, 0.2) is 0 Å². The van der Waals surface area contributed by atoms with Gasteiger partial charge in [0.05, 0.1) is 12.9 Å². The maximum absolute atomic E-state index is 12.0. The molecule has 24 heavy (non-hydrogen) atoms. The number of nitrogens with one attached hydrogen (secondary N) is 1. The maximum atomic E-state index is 12.0. The van der Waals surface area contributed by atoms with Crippen molar-refractivity contribution in [3.8, 4) is 5.75 Å².